The Bertz CT molecular complexity index is 572. The average molecular weight is 334 g/mol. The normalized spacial score (nSPS) is 56.2. The van der Waals surface area contributed by atoms with Gasteiger partial charge >= 0.3 is 5.97 Å². The minimum Gasteiger partial charge on any atom is -0.481 e. The van der Waals surface area contributed by atoms with Gasteiger partial charge in [0.1, 0.15) is 0 Å². The highest BCUT2D eigenvalue weighted by Crippen LogP contribution is 2.65. The van der Waals surface area contributed by atoms with Gasteiger partial charge in [0.05, 0.1) is 18.1 Å². The molecular formula is C20H30O4. The minimum absolute atomic E-state index is 0.144. The lowest BCUT2D eigenvalue weighted by Crippen LogP contribution is -2.59. The Morgan fingerprint density at radius 1 is 1.00 bits per heavy atom. The molecule has 0 heterocycles. The second kappa shape index (κ2) is 5.31. The highest BCUT2D eigenvalue weighted by Gasteiger charge is 2.62. The first-order valence-corrected chi connectivity index (χ1v) is 9.54. The molecule has 0 aromatic heterocycles. The van der Waals surface area contributed by atoms with E-state index < -0.39 is 18.0 Å². The standard InChI is InChI=1S/C20H30O4/c1-19-9-11(18(23)24)3-4-12(19)5-6-13-14-7-8-16(22)20(14,2)10-15(21)17(13)19/h3-4,11-17,21-22H,5-10H2,1-2H3,(H,23,24)/t11?,12?,13-,14-,15?,16?,17-,19-,20-/m0/s1. The van der Waals surface area contributed by atoms with Crippen LogP contribution in [-0.2, 0) is 4.79 Å². The first-order chi connectivity index (χ1) is 11.3. The summed E-state index contributed by atoms with van der Waals surface area (Å²) in [5.74, 6) is 0.233. The maximum atomic E-state index is 11.5. The van der Waals surface area contributed by atoms with Gasteiger partial charge in [0.25, 0.3) is 0 Å². The van der Waals surface area contributed by atoms with Gasteiger partial charge < -0.3 is 15.3 Å². The number of aliphatic carboxylic acids is 1. The van der Waals surface area contributed by atoms with Gasteiger partial charge in [-0.25, -0.2) is 0 Å². The Kier molecular flexibility index (Phi) is 3.67. The van der Waals surface area contributed by atoms with E-state index in [9.17, 15) is 20.1 Å². The Hall–Kier alpha value is -0.870. The number of hydrogen-bond donors (Lipinski definition) is 3. The van der Waals surface area contributed by atoms with Crippen LogP contribution in [0.25, 0.3) is 0 Å². The van der Waals surface area contributed by atoms with E-state index in [1.54, 1.807) is 0 Å². The summed E-state index contributed by atoms with van der Waals surface area (Å²) >= 11 is 0. The molecule has 0 amide bonds. The molecule has 0 spiro atoms. The second-order valence-electron chi connectivity index (χ2n) is 9.39. The molecule has 3 fully saturated rings. The topological polar surface area (TPSA) is 77.8 Å². The molecule has 4 rings (SSSR count). The monoisotopic (exact) mass is 334 g/mol. The van der Waals surface area contributed by atoms with Gasteiger partial charge in [0.2, 0.25) is 0 Å². The number of carboxylic acid groups (broad SMARTS) is 1. The van der Waals surface area contributed by atoms with Crippen LogP contribution in [0.4, 0.5) is 0 Å². The number of allylic oxidation sites excluding steroid dienone is 1. The fourth-order valence-corrected chi connectivity index (χ4v) is 7.19. The van der Waals surface area contributed by atoms with Gasteiger partial charge in [-0.1, -0.05) is 26.0 Å². The van der Waals surface area contributed by atoms with Crippen molar-refractivity contribution in [1.29, 1.82) is 0 Å². The highest BCUT2D eigenvalue weighted by molar-refractivity contribution is 5.72. The molecule has 134 valence electrons. The third-order valence-electron chi connectivity index (χ3n) is 8.37. The van der Waals surface area contributed by atoms with E-state index in [1.165, 1.54) is 0 Å². The number of carbonyl (C=O) groups is 1. The molecule has 0 saturated heterocycles. The van der Waals surface area contributed by atoms with E-state index in [-0.39, 0.29) is 22.9 Å². The maximum Gasteiger partial charge on any atom is 0.310 e. The van der Waals surface area contributed by atoms with E-state index in [4.69, 9.17) is 0 Å². The van der Waals surface area contributed by atoms with Crippen LogP contribution in [0.5, 0.6) is 0 Å². The van der Waals surface area contributed by atoms with Gasteiger partial charge in [-0.2, -0.15) is 0 Å². The lowest BCUT2D eigenvalue weighted by atomic mass is 9.44. The quantitative estimate of drug-likeness (QED) is 0.644. The van der Waals surface area contributed by atoms with Gasteiger partial charge in [-0.3, -0.25) is 4.79 Å². The summed E-state index contributed by atoms with van der Waals surface area (Å²) in [6.45, 7) is 4.37. The van der Waals surface area contributed by atoms with Crippen molar-refractivity contribution in [2.75, 3.05) is 0 Å². The largest absolute Gasteiger partial charge is 0.481 e. The van der Waals surface area contributed by atoms with E-state index in [1.807, 2.05) is 6.08 Å². The zero-order valence-corrected chi connectivity index (χ0v) is 14.7. The van der Waals surface area contributed by atoms with E-state index in [0.29, 0.717) is 30.6 Å². The van der Waals surface area contributed by atoms with Crippen molar-refractivity contribution in [2.24, 2.45) is 40.4 Å². The molecule has 4 nitrogen and oxygen atoms in total. The summed E-state index contributed by atoms with van der Waals surface area (Å²) in [6.07, 6.45) is 8.60. The van der Waals surface area contributed by atoms with Crippen LogP contribution >= 0.6 is 0 Å². The van der Waals surface area contributed by atoms with Crippen molar-refractivity contribution in [3.05, 3.63) is 12.2 Å². The predicted molar refractivity (Wildman–Crippen MR) is 90.2 cm³/mol. The van der Waals surface area contributed by atoms with Crippen molar-refractivity contribution < 1.29 is 20.1 Å². The van der Waals surface area contributed by atoms with E-state index >= 15 is 0 Å². The summed E-state index contributed by atoms with van der Waals surface area (Å²) < 4.78 is 0. The molecular weight excluding hydrogens is 304 g/mol. The lowest BCUT2D eigenvalue weighted by Gasteiger charge is -2.61. The zero-order chi connectivity index (χ0) is 17.3. The predicted octanol–water partition coefficient (Wildman–Crippen LogP) is 2.84. The first kappa shape index (κ1) is 16.6. The molecule has 0 aromatic carbocycles. The molecule has 4 heteroatoms. The molecule has 3 saturated carbocycles. The maximum absolute atomic E-state index is 11.5. The summed E-state index contributed by atoms with van der Waals surface area (Å²) in [4.78, 5) is 11.5. The molecule has 0 aromatic rings. The fraction of sp³-hybridized carbons (Fsp3) is 0.850. The molecule has 0 bridgehead atoms. The number of carboxylic acids is 1. The van der Waals surface area contributed by atoms with Crippen molar-refractivity contribution in [3.63, 3.8) is 0 Å². The SMILES string of the molecule is C[C@]12CC(C(=O)O)C=CC1CC[C@@H]1[C@H]2C(O)C[C@]2(C)C(O)CC[C@@H]12. The molecule has 9 atom stereocenters. The summed E-state index contributed by atoms with van der Waals surface area (Å²) in [5.41, 5.74) is -0.310. The van der Waals surface area contributed by atoms with Crippen molar-refractivity contribution in [2.45, 2.75) is 64.6 Å². The summed E-state index contributed by atoms with van der Waals surface area (Å²) in [5, 5.41) is 31.1. The third kappa shape index (κ3) is 2.08. The van der Waals surface area contributed by atoms with Crippen LogP contribution in [0.2, 0.25) is 0 Å². The Balaban J connectivity index is 1.70. The smallest absolute Gasteiger partial charge is 0.310 e. The minimum atomic E-state index is -0.750. The Labute approximate surface area is 144 Å². The third-order valence-corrected chi connectivity index (χ3v) is 8.37. The van der Waals surface area contributed by atoms with Gasteiger partial charge in [-0.05, 0) is 73.0 Å². The molecule has 4 aliphatic rings. The van der Waals surface area contributed by atoms with E-state index in [2.05, 4.69) is 19.9 Å². The first-order valence-electron chi connectivity index (χ1n) is 9.54. The molecule has 4 unspecified atom stereocenters. The molecule has 24 heavy (non-hydrogen) atoms. The summed E-state index contributed by atoms with van der Waals surface area (Å²) in [7, 11) is 0. The number of aliphatic hydroxyl groups is 2. The molecule has 0 aliphatic heterocycles. The van der Waals surface area contributed by atoms with Crippen LogP contribution < -0.4 is 0 Å². The van der Waals surface area contributed by atoms with Gasteiger partial charge in [-0.15, -0.1) is 0 Å². The van der Waals surface area contributed by atoms with Gasteiger partial charge in [0.15, 0.2) is 0 Å². The Morgan fingerprint density at radius 2 is 1.75 bits per heavy atom. The van der Waals surface area contributed by atoms with Crippen LogP contribution in [-0.4, -0.2) is 33.5 Å². The lowest BCUT2D eigenvalue weighted by molar-refractivity contribution is -0.170. The number of aliphatic hydroxyl groups excluding tert-OH is 2. The average Bonchev–Trinajstić information content (AvgIpc) is 2.80. The number of rotatable bonds is 1. The second-order valence-corrected chi connectivity index (χ2v) is 9.39. The van der Waals surface area contributed by atoms with Crippen LogP contribution in [0, 0.1) is 40.4 Å². The highest BCUT2D eigenvalue weighted by atomic mass is 16.4. The zero-order valence-electron chi connectivity index (χ0n) is 14.7. The number of fused-ring (bicyclic) bond motifs is 5. The van der Waals surface area contributed by atoms with Crippen molar-refractivity contribution in [1.82, 2.24) is 0 Å². The summed E-state index contributed by atoms with van der Waals surface area (Å²) in [6, 6.07) is 0. The van der Waals surface area contributed by atoms with Crippen LogP contribution in [0.3, 0.4) is 0 Å². The van der Waals surface area contributed by atoms with Crippen molar-refractivity contribution in [3.8, 4) is 0 Å². The van der Waals surface area contributed by atoms with E-state index in [0.717, 1.165) is 25.7 Å². The molecule has 0 radical (unpaired) electrons. The van der Waals surface area contributed by atoms with Crippen LogP contribution in [0.15, 0.2) is 12.2 Å². The van der Waals surface area contributed by atoms with Crippen molar-refractivity contribution >= 4 is 5.97 Å². The fourth-order valence-electron chi connectivity index (χ4n) is 7.19. The molecule has 4 aliphatic carbocycles. The van der Waals surface area contributed by atoms with Gasteiger partial charge in [0, 0.05) is 0 Å². The number of hydrogen-bond acceptors (Lipinski definition) is 3. The molecule has 3 N–H and O–H groups in total. The Morgan fingerprint density at radius 3 is 2.46 bits per heavy atom. The van der Waals surface area contributed by atoms with Crippen LogP contribution in [0.1, 0.15) is 52.4 Å².